The molecule has 74 valence electrons. The highest BCUT2D eigenvalue weighted by atomic mass is 16.3. The Morgan fingerprint density at radius 3 is 2.62 bits per heavy atom. The first kappa shape index (κ1) is 12.1. The average Bonchev–Trinajstić information content (AvgIpc) is 2.10. The summed E-state index contributed by atoms with van der Waals surface area (Å²) in [4.78, 5) is 0. The topological polar surface area (TPSA) is 20.2 Å². The molecule has 0 amide bonds. The Labute approximate surface area is 81.9 Å². The lowest BCUT2D eigenvalue weighted by molar-refractivity contribution is 0.318. The fourth-order valence-corrected chi connectivity index (χ4v) is 1.35. The van der Waals surface area contributed by atoms with E-state index in [4.69, 9.17) is 6.42 Å². The molecule has 0 aliphatic rings. The zero-order chi connectivity index (χ0) is 10.1. The van der Waals surface area contributed by atoms with Gasteiger partial charge in [-0.15, -0.1) is 12.3 Å². The van der Waals surface area contributed by atoms with E-state index in [2.05, 4.69) is 19.4 Å². The van der Waals surface area contributed by atoms with Crippen LogP contribution in [0.2, 0.25) is 0 Å². The van der Waals surface area contributed by atoms with Crippen LogP contribution in [0.1, 0.15) is 45.4 Å². The van der Waals surface area contributed by atoms with E-state index in [0.29, 0.717) is 6.42 Å². The van der Waals surface area contributed by atoms with E-state index in [1.165, 1.54) is 19.3 Å². The molecule has 0 radical (unpaired) electrons. The number of aliphatic hydroxyl groups is 1. The standard InChI is InChI=1S/C12H20O/c1-4-6-7-8-10-12(9-5-2)11(3)13/h2,12-13H,3-4,6-10H2,1H3. The van der Waals surface area contributed by atoms with Gasteiger partial charge in [-0.1, -0.05) is 39.2 Å². The zero-order valence-corrected chi connectivity index (χ0v) is 8.55. The minimum atomic E-state index is 0.113. The lowest BCUT2D eigenvalue weighted by atomic mass is 9.96. The van der Waals surface area contributed by atoms with E-state index >= 15 is 0 Å². The Bertz CT molecular complexity index is 176. The summed E-state index contributed by atoms with van der Waals surface area (Å²) in [6.45, 7) is 5.72. The molecule has 0 aromatic rings. The summed E-state index contributed by atoms with van der Waals surface area (Å²) in [5.74, 6) is 2.93. The second-order valence-electron chi connectivity index (χ2n) is 3.45. The van der Waals surface area contributed by atoms with Crippen LogP contribution >= 0.6 is 0 Å². The Morgan fingerprint density at radius 2 is 2.15 bits per heavy atom. The molecule has 13 heavy (non-hydrogen) atoms. The monoisotopic (exact) mass is 180 g/mol. The van der Waals surface area contributed by atoms with Crippen LogP contribution in [-0.2, 0) is 0 Å². The maximum Gasteiger partial charge on any atom is 0.0891 e. The molecule has 0 rings (SSSR count). The molecule has 0 bridgehead atoms. The SMILES string of the molecule is C#CCC(CCCCCC)C(=C)O. The van der Waals surface area contributed by atoms with E-state index in [1.54, 1.807) is 0 Å². The first-order valence-electron chi connectivity index (χ1n) is 5.03. The van der Waals surface area contributed by atoms with Gasteiger partial charge in [0.1, 0.15) is 0 Å². The highest BCUT2D eigenvalue weighted by Crippen LogP contribution is 2.19. The number of rotatable bonds is 7. The Hall–Kier alpha value is -0.900. The smallest absolute Gasteiger partial charge is 0.0891 e. The number of terminal acetylenes is 1. The molecule has 1 atom stereocenters. The van der Waals surface area contributed by atoms with Crippen molar-refractivity contribution in [3.8, 4) is 12.3 Å². The van der Waals surface area contributed by atoms with E-state index < -0.39 is 0 Å². The van der Waals surface area contributed by atoms with Crippen molar-refractivity contribution in [2.24, 2.45) is 5.92 Å². The van der Waals surface area contributed by atoms with Crippen LogP contribution in [0.5, 0.6) is 0 Å². The number of aliphatic hydroxyl groups excluding tert-OH is 1. The fourth-order valence-electron chi connectivity index (χ4n) is 1.35. The molecule has 0 spiro atoms. The Morgan fingerprint density at radius 1 is 1.46 bits per heavy atom. The number of hydrogen-bond acceptors (Lipinski definition) is 1. The van der Waals surface area contributed by atoms with Gasteiger partial charge in [-0.25, -0.2) is 0 Å². The molecule has 1 nitrogen and oxygen atoms in total. The molecule has 0 aromatic carbocycles. The fraction of sp³-hybridized carbons (Fsp3) is 0.667. The average molecular weight is 180 g/mol. The van der Waals surface area contributed by atoms with Crippen LogP contribution in [0.15, 0.2) is 12.3 Å². The van der Waals surface area contributed by atoms with Gasteiger partial charge in [-0.3, -0.25) is 0 Å². The van der Waals surface area contributed by atoms with Gasteiger partial charge in [0.2, 0.25) is 0 Å². The minimum Gasteiger partial charge on any atom is -0.513 e. The molecule has 1 unspecified atom stereocenters. The van der Waals surface area contributed by atoms with Crippen molar-refractivity contribution in [1.82, 2.24) is 0 Å². The van der Waals surface area contributed by atoms with E-state index in [1.807, 2.05) is 0 Å². The highest BCUT2D eigenvalue weighted by Gasteiger charge is 2.09. The third kappa shape index (κ3) is 6.28. The van der Waals surface area contributed by atoms with Crippen LogP contribution in [0.4, 0.5) is 0 Å². The molecular weight excluding hydrogens is 160 g/mol. The zero-order valence-electron chi connectivity index (χ0n) is 8.55. The summed E-state index contributed by atoms with van der Waals surface area (Å²) >= 11 is 0. The summed E-state index contributed by atoms with van der Waals surface area (Å²) in [7, 11) is 0. The van der Waals surface area contributed by atoms with Crippen molar-refractivity contribution < 1.29 is 5.11 Å². The van der Waals surface area contributed by atoms with Crippen molar-refractivity contribution in [2.45, 2.75) is 45.4 Å². The highest BCUT2D eigenvalue weighted by molar-refractivity contribution is 4.97. The molecule has 0 saturated carbocycles. The molecule has 0 aliphatic heterocycles. The predicted octanol–water partition coefficient (Wildman–Crippen LogP) is 3.67. The molecular formula is C12H20O. The predicted molar refractivity (Wildman–Crippen MR) is 57.5 cm³/mol. The van der Waals surface area contributed by atoms with E-state index in [0.717, 1.165) is 12.8 Å². The van der Waals surface area contributed by atoms with Crippen molar-refractivity contribution in [3.63, 3.8) is 0 Å². The summed E-state index contributed by atoms with van der Waals surface area (Å²) in [5, 5.41) is 9.21. The lowest BCUT2D eigenvalue weighted by Crippen LogP contribution is -2.02. The Balaban J connectivity index is 3.58. The van der Waals surface area contributed by atoms with Gasteiger partial charge < -0.3 is 5.11 Å². The summed E-state index contributed by atoms with van der Waals surface area (Å²) < 4.78 is 0. The number of allylic oxidation sites excluding steroid dienone is 1. The van der Waals surface area contributed by atoms with Crippen LogP contribution < -0.4 is 0 Å². The van der Waals surface area contributed by atoms with Crippen molar-refractivity contribution in [1.29, 1.82) is 0 Å². The second kappa shape index (κ2) is 7.73. The van der Waals surface area contributed by atoms with Gasteiger partial charge in [0.05, 0.1) is 5.76 Å². The van der Waals surface area contributed by atoms with Crippen LogP contribution in [0, 0.1) is 18.3 Å². The molecule has 1 N–H and O–H groups in total. The number of unbranched alkanes of at least 4 members (excludes halogenated alkanes) is 3. The first-order valence-corrected chi connectivity index (χ1v) is 5.03. The number of hydrogen-bond donors (Lipinski definition) is 1. The van der Waals surface area contributed by atoms with Gasteiger partial charge in [-0.05, 0) is 6.42 Å². The summed E-state index contributed by atoms with van der Waals surface area (Å²) in [6.07, 6.45) is 11.6. The molecule has 0 heterocycles. The Kier molecular flexibility index (Phi) is 7.20. The largest absolute Gasteiger partial charge is 0.513 e. The summed E-state index contributed by atoms with van der Waals surface area (Å²) in [6, 6.07) is 0. The van der Waals surface area contributed by atoms with E-state index in [9.17, 15) is 5.11 Å². The maximum atomic E-state index is 9.21. The van der Waals surface area contributed by atoms with Crippen LogP contribution in [-0.4, -0.2) is 5.11 Å². The first-order chi connectivity index (χ1) is 6.22. The van der Waals surface area contributed by atoms with Gasteiger partial charge in [-0.2, -0.15) is 0 Å². The van der Waals surface area contributed by atoms with Gasteiger partial charge >= 0.3 is 0 Å². The van der Waals surface area contributed by atoms with Crippen LogP contribution in [0.25, 0.3) is 0 Å². The third-order valence-electron chi connectivity index (χ3n) is 2.24. The maximum absolute atomic E-state index is 9.21. The summed E-state index contributed by atoms with van der Waals surface area (Å²) in [5.41, 5.74) is 0. The van der Waals surface area contributed by atoms with Crippen molar-refractivity contribution >= 4 is 0 Å². The van der Waals surface area contributed by atoms with Gasteiger partial charge in [0, 0.05) is 12.3 Å². The second-order valence-corrected chi connectivity index (χ2v) is 3.45. The normalized spacial score (nSPS) is 12.0. The van der Waals surface area contributed by atoms with Crippen molar-refractivity contribution in [2.75, 3.05) is 0 Å². The molecule has 0 saturated heterocycles. The lowest BCUT2D eigenvalue weighted by Gasteiger charge is -2.11. The third-order valence-corrected chi connectivity index (χ3v) is 2.24. The molecule has 0 aromatic heterocycles. The molecule has 1 heteroatoms. The quantitative estimate of drug-likeness (QED) is 0.360. The van der Waals surface area contributed by atoms with Crippen LogP contribution in [0.3, 0.4) is 0 Å². The van der Waals surface area contributed by atoms with Gasteiger partial charge in [0.15, 0.2) is 0 Å². The molecule has 0 aliphatic carbocycles. The molecule has 0 fully saturated rings. The minimum absolute atomic E-state index is 0.113. The van der Waals surface area contributed by atoms with Gasteiger partial charge in [0.25, 0.3) is 0 Å². The van der Waals surface area contributed by atoms with Crippen molar-refractivity contribution in [3.05, 3.63) is 12.3 Å². The van der Waals surface area contributed by atoms with E-state index in [-0.39, 0.29) is 11.7 Å².